The summed E-state index contributed by atoms with van der Waals surface area (Å²) < 4.78 is 56.5. The second kappa shape index (κ2) is 5.48. The molecule has 5 nitrogen and oxygen atoms in total. The molecule has 0 atom stereocenters. The predicted molar refractivity (Wildman–Crippen MR) is 88.6 cm³/mol. The number of benzene rings is 2. The molecule has 2 aromatic carbocycles. The van der Waals surface area contributed by atoms with Crippen LogP contribution in [0.3, 0.4) is 0 Å². The minimum absolute atomic E-state index is 0.0136. The highest BCUT2D eigenvalue weighted by atomic mass is 19.4. The molecule has 0 saturated heterocycles. The van der Waals surface area contributed by atoms with Crippen LogP contribution in [0.25, 0.3) is 11.1 Å². The Labute approximate surface area is 155 Å². The van der Waals surface area contributed by atoms with E-state index < -0.39 is 40.4 Å². The van der Waals surface area contributed by atoms with Gasteiger partial charge in [0.15, 0.2) is 23.0 Å². The molecule has 1 aliphatic carbocycles. The summed E-state index contributed by atoms with van der Waals surface area (Å²) in [6.45, 7) is -0.0563. The average Bonchev–Trinajstić information content (AvgIpc) is 3.30. The fraction of sp³-hybridized carbons (Fsp3) is 0.100. The van der Waals surface area contributed by atoms with Crippen molar-refractivity contribution in [3.05, 3.63) is 70.7 Å². The third-order valence-corrected chi connectivity index (χ3v) is 4.68. The molecule has 0 fully saturated rings. The number of hydrogen-bond acceptors (Lipinski definition) is 5. The maximum absolute atomic E-state index is 13.7. The Morgan fingerprint density at radius 3 is 2.21 bits per heavy atom. The number of rotatable bonds is 1. The minimum Gasteiger partial charge on any atom is -0.454 e. The molecule has 0 radical (unpaired) electrons. The van der Waals surface area contributed by atoms with E-state index in [4.69, 9.17) is 13.9 Å². The van der Waals surface area contributed by atoms with E-state index in [-0.39, 0.29) is 29.2 Å². The molecule has 5 rings (SSSR count). The van der Waals surface area contributed by atoms with Crippen molar-refractivity contribution < 1.29 is 36.7 Å². The molecule has 1 aromatic heterocycles. The first-order chi connectivity index (χ1) is 13.4. The second-order valence-corrected chi connectivity index (χ2v) is 6.28. The Bertz CT molecular complexity index is 1170. The molecular formula is C20H9F3O5. The highest BCUT2D eigenvalue weighted by Gasteiger charge is 2.46. The fourth-order valence-corrected chi connectivity index (χ4v) is 3.47. The van der Waals surface area contributed by atoms with Crippen molar-refractivity contribution >= 4 is 11.6 Å². The van der Waals surface area contributed by atoms with Gasteiger partial charge in [-0.05, 0) is 17.7 Å². The van der Waals surface area contributed by atoms with Crippen LogP contribution in [0.5, 0.6) is 11.5 Å². The van der Waals surface area contributed by atoms with Crippen LogP contribution in [-0.2, 0) is 6.18 Å². The molecule has 0 amide bonds. The molecule has 28 heavy (non-hydrogen) atoms. The lowest BCUT2D eigenvalue weighted by Crippen LogP contribution is -2.19. The number of carbonyl (C=O) groups is 2. The predicted octanol–water partition coefficient (Wildman–Crippen LogP) is 4.47. The fourth-order valence-electron chi connectivity index (χ4n) is 3.47. The zero-order valence-electron chi connectivity index (χ0n) is 13.9. The van der Waals surface area contributed by atoms with Crippen molar-refractivity contribution in [1.82, 2.24) is 0 Å². The Morgan fingerprint density at radius 2 is 1.50 bits per heavy atom. The molecule has 1 aliphatic heterocycles. The minimum atomic E-state index is -4.91. The second-order valence-electron chi connectivity index (χ2n) is 6.28. The number of carbonyl (C=O) groups excluding carboxylic acids is 2. The van der Waals surface area contributed by atoms with E-state index in [2.05, 4.69) is 0 Å². The molecular weight excluding hydrogens is 377 g/mol. The normalized spacial score (nSPS) is 14.8. The average molecular weight is 386 g/mol. The molecule has 0 spiro atoms. The number of fused-ring (bicyclic) bond motifs is 3. The number of alkyl halides is 3. The van der Waals surface area contributed by atoms with Gasteiger partial charge in [-0.3, -0.25) is 9.59 Å². The maximum atomic E-state index is 13.7. The molecule has 0 saturated carbocycles. The van der Waals surface area contributed by atoms with E-state index in [0.29, 0.717) is 5.75 Å². The van der Waals surface area contributed by atoms with Crippen molar-refractivity contribution in [2.75, 3.05) is 6.79 Å². The van der Waals surface area contributed by atoms with Gasteiger partial charge in [0.2, 0.25) is 18.3 Å². The zero-order valence-corrected chi connectivity index (χ0v) is 13.9. The summed E-state index contributed by atoms with van der Waals surface area (Å²) in [6.07, 6.45) is -4.91. The molecule has 0 bridgehead atoms. The van der Waals surface area contributed by atoms with Gasteiger partial charge in [-0.1, -0.05) is 30.3 Å². The molecule has 2 aliphatic rings. The molecule has 0 N–H and O–H groups in total. The van der Waals surface area contributed by atoms with Gasteiger partial charge >= 0.3 is 6.18 Å². The third-order valence-electron chi connectivity index (χ3n) is 4.68. The van der Waals surface area contributed by atoms with Crippen molar-refractivity contribution in [2.45, 2.75) is 6.18 Å². The lowest BCUT2D eigenvalue weighted by molar-refractivity contribution is -0.152. The topological polar surface area (TPSA) is 65.7 Å². The molecule has 0 unspecified atom stereocenters. The Hall–Kier alpha value is -3.55. The van der Waals surface area contributed by atoms with Crippen molar-refractivity contribution in [2.24, 2.45) is 0 Å². The molecule has 140 valence electrons. The van der Waals surface area contributed by atoms with Gasteiger partial charge in [-0.2, -0.15) is 13.2 Å². The standard InChI is InChI=1S/C20H9F3O5/c21-20(22,23)19-14(9-5-6-12-13(7-9)27-8-26-12)15-16(24)10-3-1-2-4-11(10)17(25)18(15)28-19/h1-7H,8H2. The van der Waals surface area contributed by atoms with Crippen LogP contribution in [0, 0.1) is 0 Å². The summed E-state index contributed by atoms with van der Waals surface area (Å²) in [4.78, 5) is 25.7. The Kier molecular flexibility index (Phi) is 3.25. The quantitative estimate of drug-likeness (QED) is 0.483. The van der Waals surface area contributed by atoms with Crippen LogP contribution in [0.2, 0.25) is 0 Å². The van der Waals surface area contributed by atoms with Crippen LogP contribution < -0.4 is 9.47 Å². The van der Waals surface area contributed by atoms with Crippen LogP contribution >= 0.6 is 0 Å². The molecule has 3 aromatic rings. The largest absolute Gasteiger partial charge is 0.454 e. The van der Waals surface area contributed by atoms with Crippen molar-refractivity contribution in [3.8, 4) is 22.6 Å². The van der Waals surface area contributed by atoms with Crippen molar-refractivity contribution in [1.29, 1.82) is 0 Å². The monoisotopic (exact) mass is 386 g/mol. The number of halogens is 3. The smallest absolute Gasteiger partial charge is 0.450 e. The highest BCUT2D eigenvalue weighted by Crippen LogP contribution is 2.47. The lowest BCUT2D eigenvalue weighted by Gasteiger charge is -2.14. The SMILES string of the molecule is O=C1c2ccccc2C(=O)c2c1oc(C(F)(F)F)c2-c1ccc2c(c1)OCO2. The number of ketones is 2. The van der Waals surface area contributed by atoms with Gasteiger partial charge in [0.25, 0.3) is 0 Å². The van der Waals surface area contributed by atoms with Gasteiger partial charge in [0.05, 0.1) is 5.56 Å². The maximum Gasteiger partial charge on any atom is 0.450 e. The Balaban J connectivity index is 1.81. The van der Waals surface area contributed by atoms with E-state index in [1.807, 2.05) is 0 Å². The summed E-state index contributed by atoms with van der Waals surface area (Å²) in [5.74, 6) is -2.84. The zero-order chi connectivity index (χ0) is 19.6. The first kappa shape index (κ1) is 16.6. The number of furan rings is 1. The van der Waals surface area contributed by atoms with Crippen LogP contribution in [0.15, 0.2) is 46.9 Å². The lowest BCUT2D eigenvalue weighted by atomic mass is 9.85. The summed E-state index contributed by atoms with van der Waals surface area (Å²) in [7, 11) is 0. The summed E-state index contributed by atoms with van der Waals surface area (Å²) >= 11 is 0. The van der Waals surface area contributed by atoms with Gasteiger partial charge in [0.1, 0.15) is 0 Å². The van der Waals surface area contributed by atoms with Gasteiger partial charge in [0, 0.05) is 16.7 Å². The van der Waals surface area contributed by atoms with Crippen LogP contribution in [0.1, 0.15) is 37.8 Å². The van der Waals surface area contributed by atoms with E-state index in [9.17, 15) is 22.8 Å². The van der Waals surface area contributed by atoms with E-state index >= 15 is 0 Å². The van der Waals surface area contributed by atoms with Gasteiger partial charge in [-0.25, -0.2) is 0 Å². The van der Waals surface area contributed by atoms with E-state index in [0.717, 1.165) is 0 Å². The van der Waals surface area contributed by atoms with Crippen molar-refractivity contribution in [3.63, 3.8) is 0 Å². The summed E-state index contributed by atoms with van der Waals surface area (Å²) in [5.41, 5.74) is -0.776. The molecule has 8 heteroatoms. The van der Waals surface area contributed by atoms with Crippen LogP contribution in [0.4, 0.5) is 13.2 Å². The van der Waals surface area contributed by atoms with Gasteiger partial charge < -0.3 is 13.9 Å². The highest BCUT2D eigenvalue weighted by molar-refractivity contribution is 6.29. The van der Waals surface area contributed by atoms with Gasteiger partial charge in [-0.15, -0.1) is 0 Å². The number of ether oxygens (including phenoxy) is 2. The Morgan fingerprint density at radius 1 is 0.821 bits per heavy atom. The third kappa shape index (κ3) is 2.20. The number of hydrogen-bond donors (Lipinski definition) is 0. The van der Waals surface area contributed by atoms with Crippen LogP contribution in [-0.4, -0.2) is 18.4 Å². The molecule has 2 heterocycles. The van der Waals surface area contributed by atoms with E-state index in [1.54, 1.807) is 6.07 Å². The van der Waals surface area contributed by atoms with E-state index in [1.165, 1.54) is 36.4 Å². The first-order valence-electron chi connectivity index (χ1n) is 8.18. The first-order valence-corrected chi connectivity index (χ1v) is 8.18. The summed E-state index contributed by atoms with van der Waals surface area (Å²) in [5, 5.41) is 0. The summed E-state index contributed by atoms with van der Waals surface area (Å²) in [6, 6.07) is 10.0.